The van der Waals surface area contributed by atoms with Crippen molar-refractivity contribution in [3.8, 4) is 0 Å². The fourth-order valence-corrected chi connectivity index (χ4v) is 3.88. The lowest BCUT2D eigenvalue weighted by molar-refractivity contribution is 0.392. The van der Waals surface area contributed by atoms with Crippen LogP contribution in [0.2, 0.25) is 0 Å². The molecule has 0 radical (unpaired) electrons. The molecule has 2 rings (SSSR count). The molecule has 0 atom stereocenters. The van der Waals surface area contributed by atoms with Crippen LogP contribution in [0.5, 0.6) is 0 Å². The third-order valence-electron chi connectivity index (χ3n) is 3.52. The number of hydrogen-bond acceptors (Lipinski definition) is 4. The van der Waals surface area contributed by atoms with Crippen LogP contribution in [-0.2, 0) is 13.0 Å². The van der Waals surface area contributed by atoms with Crippen molar-refractivity contribution in [1.82, 2.24) is 15.4 Å². The van der Waals surface area contributed by atoms with Crippen LogP contribution < -0.4 is 5.32 Å². The van der Waals surface area contributed by atoms with E-state index in [4.69, 9.17) is 9.52 Å². The molecule has 0 aliphatic rings. The van der Waals surface area contributed by atoms with E-state index in [-0.39, 0.29) is 24.0 Å². The van der Waals surface area contributed by atoms with Gasteiger partial charge in [0, 0.05) is 30.6 Å². The Labute approximate surface area is 173 Å². The maximum absolute atomic E-state index is 5.20. The Kier molecular flexibility index (Phi) is 9.28. The van der Waals surface area contributed by atoms with Gasteiger partial charge < -0.3 is 14.7 Å². The lowest BCUT2D eigenvalue weighted by Gasteiger charge is -2.21. The first-order chi connectivity index (χ1) is 11.0. The van der Waals surface area contributed by atoms with Crippen LogP contribution in [0.25, 0.3) is 0 Å². The molecule has 2 aromatic heterocycles. The van der Waals surface area contributed by atoms with Gasteiger partial charge in [-0.2, -0.15) is 0 Å². The molecule has 0 saturated heterocycles. The second-order valence-corrected chi connectivity index (χ2v) is 7.90. The summed E-state index contributed by atoms with van der Waals surface area (Å²) >= 11 is 5.26. The number of aromatic nitrogens is 1. The maximum atomic E-state index is 5.20. The van der Waals surface area contributed by atoms with Crippen LogP contribution >= 0.6 is 51.2 Å². The van der Waals surface area contributed by atoms with Crippen LogP contribution in [0.4, 0.5) is 0 Å². The number of guanidine groups is 1. The normalized spacial score (nSPS) is 11.3. The average molecular weight is 527 g/mol. The Morgan fingerprint density at radius 2 is 2.17 bits per heavy atom. The molecule has 2 heterocycles. The molecule has 5 nitrogen and oxygen atoms in total. The summed E-state index contributed by atoms with van der Waals surface area (Å²) in [6, 6.07) is 4.22. The molecule has 0 aliphatic heterocycles. The van der Waals surface area contributed by atoms with Crippen molar-refractivity contribution in [3.05, 3.63) is 37.8 Å². The van der Waals surface area contributed by atoms with Gasteiger partial charge in [0.1, 0.15) is 5.76 Å². The highest BCUT2D eigenvalue weighted by molar-refractivity contribution is 14.0. The summed E-state index contributed by atoms with van der Waals surface area (Å²) in [4.78, 5) is 8.18. The first kappa shape index (κ1) is 21.4. The van der Waals surface area contributed by atoms with Crippen LogP contribution in [0.3, 0.4) is 0 Å². The molecule has 0 fully saturated rings. The van der Waals surface area contributed by atoms with Gasteiger partial charge in [-0.15, -0.1) is 35.3 Å². The van der Waals surface area contributed by atoms with Gasteiger partial charge in [0.05, 0.1) is 16.0 Å². The smallest absolute Gasteiger partial charge is 0.193 e. The summed E-state index contributed by atoms with van der Waals surface area (Å²) in [5.41, 5.74) is 2.12. The van der Waals surface area contributed by atoms with E-state index in [9.17, 15) is 0 Å². The summed E-state index contributed by atoms with van der Waals surface area (Å²) in [5.74, 6) is 1.81. The second-order valence-electron chi connectivity index (χ2n) is 5.35. The zero-order valence-electron chi connectivity index (χ0n) is 14.4. The number of thiophene rings is 1. The van der Waals surface area contributed by atoms with E-state index in [1.807, 2.05) is 13.8 Å². The van der Waals surface area contributed by atoms with Crippen molar-refractivity contribution >= 4 is 57.2 Å². The molecule has 0 aliphatic carbocycles. The van der Waals surface area contributed by atoms with Crippen LogP contribution in [0, 0.1) is 13.8 Å². The number of halogens is 2. The number of aliphatic imine (C=N–C) groups is 1. The van der Waals surface area contributed by atoms with Crippen LogP contribution in [-0.4, -0.2) is 36.2 Å². The van der Waals surface area contributed by atoms with E-state index in [1.54, 1.807) is 11.3 Å². The van der Waals surface area contributed by atoms with Gasteiger partial charge in [0.15, 0.2) is 5.96 Å². The van der Waals surface area contributed by atoms with E-state index in [0.29, 0.717) is 6.54 Å². The fraction of sp³-hybridized carbons (Fsp3) is 0.500. The van der Waals surface area contributed by atoms with Gasteiger partial charge in [-0.25, -0.2) is 0 Å². The predicted molar refractivity (Wildman–Crippen MR) is 115 cm³/mol. The second kappa shape index (κ2) is 10.4. The minimum atomic E-state index is 0. The lowest BCUT2D eigenvalue weighted by atomic mass is 10.1. The highest BCUT2D eigenvalue weighted by Gasteiger charge is 2.10. The third kappa shape index (κ3) is 6.03. The molecule has 1 N–H and O–H groups in total. The zero-order valence-corrected chi connectivity index (χ0v) is 19.2. The van der Waals surface area contributed by atoms with E-state index >= 15 is 0 Å². The number of nitrogens with one attached hydrogen (secondary N) is 1. The van der Waals surface area contributed by atoms with Gasteiger partial charge in [-0.1, -0.05) is 5.16 Å². The van der Waals surface area contributed by atoms with Gasteiger partial charge in [-0.05, 0) is 55.3 Å². The molecular weight excluding hydrogens is 503 g/mol. The van der Waals surface area contributed by atoms with Gasteiger partial charge in [-0.3, -0.25) is 4.99 Å². The number of hydrogen-bond donors (Lipinski definition) is 1. The largest absolute Gasteiger partial charge is 0.361 e. The first-order valence-corrected chi connectivity index (χ1v) is 9.27. The first-order valence-electron chi connectivity index (χ1n) is 7.66. The molecule has 0 aromatic carbocycles. The van der Waals surface area contributed by atoms with Gasteiger partial charge in [0.25, 0.3) is 0 Å². The third-order valence-corrected chi connectivity index (χ3v) is 5.13. The molecule has 24 heavy (non-hydrogen) atoms. The van der Waals surface area contributed by atoms with Crippen molar-refractivity contribution in [2.75, 3.05) is 20.1 Å². The molecule has 0 spiro atoms. The van der Waals surface area contributed by atoms with Crippen molar-refractivity contribution in [1.29, 1.82) is 0 Å². The van der Waals surface area contributed by atoms with Crippen molar-refractivity contribution in [2.45, 2.75) is 33.7 Å². The number of rotatable bonds is 6. The van der Waals surface area contributed by atoms with Gasteiger partial charge in [0.2, 0.25) is 0 Å². The molecular formula is C16H24BrIN4OS. The Hall–Kier alpha value is -0.610. The van der Waals surface area contributed by atoms with E-state index in [1.165, 1.54) is 4.88 Å². The SMILES string of the molecule is CCNC(=NCCc1c(C)noc1C)N(C)Cc1ccc(Br)s1.I. The van der Waals surface area contributed by atoms with Crippen molar-refractivity contribution in [3.63, 3.8) is 0 Å². The monoisotopic (exact) mass is 526 g/mol. The predicted octanol–water partition coefficient (Wildman–Crippen LogP) is 4.37. The number of nitrogens with zero attached hydrogens (tertiary/aromatic N) is 3. The van der Waals surface area contributed by atoms with Crippen LogP contribution in [0.1, 0.15) is 28.8 Å². The maximum Gasteiger partial charge on any atom is 0.193 e. The Balaban J connectivity index is 0.00000288. The molecule has 0 amide bonds. The van der Waals surface area contributed by atoms with Crippen molar-refractivity contribution < 1.29 is 4.52 Å². The molecule has 134 valence electrons. The standard InChI is InChI=1S/C16H23BrN4OS.HI/c1-5-18-16(21(4)10-13-6-7-15(17)23-13)19-9-8-14-11(2)20-22-12(14)3;/h6-7H,5,8-10H2,1-4H3,(H,18,19);1H. The van der Waals surface area contributed by atoms with Crippen LogP contribution in [0.15, 0.2) is 25.4 Å². The summed E-state index contributed by atoms with van der Waals surface area (Å²) in [5, 5.41) is 7.34. The topological polar surface area (TPSA) is 53.7 Å². The summed E-state index contributed by atoms with van der Waals surface area (Å²) in [6.45, 7) is 8.41. The summed E-state index contributed by atoms with van der Waals surface area (Å²) in [7, 11) is 2.06. The Morgan fingerprint density at radius 1 is 1.42 bits per heavy atom. The fourth-order valence-electron chi connectivity index (χ4n) is 2.35. The zero-order chi connectivity index (χ0) is 16.8. The Bertz CT molecular complexity index is 651. The van der Waals surface area contributed by atoms with E-state index in [0.717, 1.165) is 46.3 Å². The molecule has 0 unspecified atom stereocenters. The van der Waals surface area contributed by atoms with E-state index < -0.39 is 0 Å². The number of aryl methyl sites for hydroxylation is 2. The van der Waals surface area contributed by atoms with E-state index in [2.05, 4.69) is 57.4 Å². The summed E-state index contributed by atoms with van der Waals surface area (Å²) in [6.07, 6.45) is 0.842. The van der Waals surface area contributed by atoms with Crippen molar-refractivity contribution in [2.24, 2.45) is 4.99 Å². The van der Waals surface area contributed by atoms with Gasteiger partial charge >= 0.3 is 0 Å². The highest BCUT2D eigenvalue weighted by Crippen LogP contribution is 2.23. The Morgan fingerprint density at radius 3 is 2.71 bits per heavy atom. The quantitative estimate of drug-likeness (QED) is 0.345. The molecule has 2 aromatic rings. The molecule has 8 heteroatoms. The minimum Gasteiger partial charge on any atom is -0.361 e. The lowest BCUT2D eigenvalue weighted by Crippen LogP contribution is -2.38. The minimum absolute atomic E-state index is 0. The summed E-state index contributed by atoms with van der Waals surface area (Å²) < 4.78 is 6.36. The average Bonchev–Trinajstić information content (AvgIpc) is 3.05. The molecule has 0 saturated carbocycles. The molecule has 0 bridgehead atoms. The highest BCUT2D eigenvalue weighted by atomic mass is 127.